The molecule has 1 aromatic carbocycles. The van der Waals surface area contributed by atoms with Gasteiger partial charge in [0.05, 0.1) is 23.2 Å². The fraction of sp³-hybridized carbons (Fsp3) is 0.273. The summed E-state index contributed by atoms with van der Waals surface area (Å²) in [6.45, 7) is 4.04. The van der Waals surface area contributed by atoms with E-state index in [0.717, 1.165) is 5.56 Å². The molecule has 1 atom stereocenters. The van der Waals surface area contributed by atoms with Crippen molar-refractivity contribution in [3.8, 4) is 6.07 Å². The van der Waals surface area contributed by atoms with Gasteiger partial charge in [-0.25, -0.2) is 4.39 Å². The first-order valence-corrected chi connectivity index (χ1v) is 10.9. The molecular formula is C22H19BrFN3OS. The number of carbonyl (C=O) groups excluding carboxylic acids is 1. The average molecular weight is 472 g/mol. The van der Waals surface area contributed by atoms with Gasteiger partial charge in [-0.2, -0.15) is 16.6 Å². The van der Waals surface area contributed by atoms with E-state index in [1.54, 1.807) is 17.0 Å². The number of benzene rings is 1. The van der Waals surface area contributed by atoms with Crippen molar-refractivity contribution in [3.05, 3.63) is 73.5 Å². The summed E-state index contributed by atoms with van der Waals surface area (Å²) < 4.78 is 15.5. The maximum Gasteiger partial charge on any atom is 0.162 e. The monoisotopic (exact) mass is 471 g/mol. The topological polar surface area (TPSA) is 70.1 Å². The molecule has 0 saturated heterocycles. The number of nitrogens with zero attached hydrogens (tertiary/aromatic N) is 2. The number of anilines is 1. The number of nitrogens with two attached hydrogens (primary N) is 1. The molecule has 2 aliphatic rings. The van der Waals surface area contributed by atoms with Crippen molar-refractivity contribution in [3.63, 3.8) is 0 Å². The van der Waals surface area contributed by atoms with Gasteiger partial charge >= 0.3 is 0 Å². The molecule has 2 heterocycles. The van der Waals surface area contributed by atoms with Crippen molar-refractivity contribution < 1.29 is 9.18 Å². The summed E-state index contributed by atoms with van der Waals surface area (Å²) in [5.74, 6) is -0.833. The summed E-state index contributed by atoms with van der Waals surface area (Å²) >= 11 is 4.78. The highest BCUT2D eigenvalue weighted by molar-refractivity contribution is 9.10. The zero-order chi connectivity index (χ0) is 20.9. The number of halogens is 2. The lowest BCUT2D eigenvalue weighted by Crippen LogP contribution is -2.42. The Morgan fingerprint density at radius 2 is 2.10 bits per heavy atom. The minimum atomic E-state index is -0.514. The van der Waals surface area contributed by atoms with Crippen LogP contribution >= 0.6 is 27.3 Å². The van der Waals surface area contributed by atoms with Crippen LogP contribution in [0.25, 0.3) is 0 Å². The molecule has 1 aliphatic heterocycles. The fourth-order valence-corrected chi connectivity index (χ4v) is 5.24. The molecule has 0 amide bonds. The summed E-state index contributed by atoms with van der Waals surface area (Å²) in [5, 5.41) is 13.8. The number of ketones is 1. The molecule has 0 spiro atoms. The van der Waals surface area contributed by atoms with E-state index < -0.39 is 11.7 Å². The van der Waals surface area contributed by atoms with Crippen LogP contribution in [0.1, 0.15) is 38.2 Å². The molecule has 4 nitrogen and oxygen atoms in total. The predicted molar refractivity (Wildman–Crippen MR) is 116 cm³/mol. The highest BCUT2D eigenvalue weighted by atomic mass is 79.9. The lowest BCUT2D eigenvalue weighted by molar-refractivity contribution is -0.118. The zero-order valence-electron chi connectivity index (χ0n) is 16.0. The molecule has 0 saturated carbocycles. The Labute approximate surface area is 181 Å². The van der Waals surface area contributed by atoms with Crippen molar-refractivity contribution in [2.75, 3.05) is 4.90 Å². The number of thiophene rings is 1. The van der Waals surface area contributed by atoms with Gasteiger partial charge in [0.2, 0.25) is 0 Å². The molecule has 4 rings (SSSR count). The van der Waals surface area contributed by atoms with Crippen LogP contribution in [0, 0.1) is 22.6 Å². The van der Waals surface area contributed by atoms with E-state index in [4.69, 9.17) is 5.73 Å². The standard InChI is InChI=1S/C22H19BrFN3OS/c1-22(2)8-17-20(18(28)9-22)19(12-5-6-29-11-12)14(10-25)21(26)27(17)16-4-3-13(23)7-15(16)24/h3-7,11,19H,8-9,26H2,1-2H3/t19-/m1/s1. The van der Waals surface area contributed by atoms with Crippen LogP contribution in [0.4, 0.5) is 10.1 Å². The third kappa shape index (κ3) is 3.30. The number of allylic oxidation sites excluding steroid dienone is 3. The van der Waals surface area contributed by atoms with E-state index >= 15 is 0 Å². The van der Waals surface area contributed by atoms with Crippen molar-refractivity contribution in [2.45, 2.75) is 32.6 Å². The smallest absolute Gasteiger partial charge is 0.162 e. The van der Waals surface area contributed by atoms with Crippen LogP contribution in [-0.4, -0.2) is 5.78 Å². The molecular weight excluding hydrogens is 453 g/mol. The molecule has 7 heteroatoms. The predicted octanol–water partition coefficient (Wildman–Crippen LogP) is 5.59. The minimum Gasteiger partial charge on any atom is -0.384 e. The van der Waals surface area contributed by atoms with Crippen molar-refractivity contribution >= 4 is 38.7 Å². The molecule has 2 N–H and O–H groups in total. The fourth-order valence-electron chi connectivity index (χ4n) is 4.22. The summed E-state index contributed by atoms with van der Waals surface area (Å²) in [4.78, 5) is 14.8. The first kappa shape index (κ1) is 19.9. The number of hydrogen-bond donors (Lipinski definition) is 1. The lowest BCUT2D eigenvalue weighted by atomic mass is 9.69. The lowest BCUT2D eigenvalue weighted by Gasteiger charge is -2.43. The Bertz CT molecular complexity index is 1110. The van der Waals surface area contributed by atoms with E-state index in [0.29, 0.717) is 28.6 Å². The van der Waals surface area contributed by atoms with E-state index in [1.165, 1.54) is 17.4 Å². The van der Waals surface area contributed by atoms with Crippen molar-refractivity contribution in [2.24, 2.45) is 11.1 Å². The summed E-state index contributed by atoms with van der Waals surface area (Å²) in [6, 6.07) is 8.80. The van der Waals surface area contributed by atoms with Gasteiger partial charge in [0.1, 0.15) is 11.6 Å². The SMILES string of the molecule is CC1(C)CC(=O)C2=C(C1)N(c1ccc(Br)cc1F)C(N)=C(C#N)[C@H]2c1ccsc1. The highest BCUT2D eigenvalue weighted by Gasteiger charge is 2.45. The Morgan fingerprint density at radius 3 is 2.72 bits per heavy atom. The van der Waals surface area contributed by atoms with E-state index in [2.05, 4.69) is 22.0 Å². The number of carbonyl (C=O) groups is 1. The van der Waals surface area contributed by atoms with Gasteiger partial charge in [0.15, 0.2) is 5.78 Å². The average Bonchev–Trinajstić information content (AvgIpc) is 3.15. The zero-order valence-corrected chi connectivity index (χ0v) is 18.4. The normalized spacial score (nSPS) is 21.3. The van der Waals surface area contributed by atoms with Gasteiger partial charge in [-0.15, -0.1) is 0 Å². The Balaban J connectivity index is 2.02. The second-order valence-corrected chi connectivity index (χ2v) is 9.83. The molecule has 29 heavy (non-hydrogen) atoms. The Morgan fingerprint density at radius 1 is 1.34 bits per heavy atom. The van der Waals surface area contributed by atoms with Gasteiger partial charge in [0, 0.05) is 22.2 Å². The molecule has 0 unspecified atom stereocenters. The first-order chi connectivity index (χ1) is 13.7. The third-order valence-electron chi connectivity index (χ3n) is 5.41. The molecule has 2 aromatic rings. The van der Waals surface area contributed by atoms with E-state index in [-0.39, 0.29) is 28.3 Å². The minimum absolute atomic E-state index is 0.0183. The van der Waals surface area contributed by atoms with Gasteiger partial charge < -0.3 is 5.73 Å². The number of Topliss-reactive ketones (excluding diaryl/α,β-unsaturated/α-hetero) is 1. The molecule has 1 aliphatic carbocycles. The van der Waals surface area contributed by atoms with Gasteiger partial charge in [-0.05, 0) is 52.4 Å². The van der Waals surface area contributed by atoms with Crippen molar-refractivity contribution in [1.29, 1.82) is 5.26 Å². The Hall–Kier alpha value is -2.43. The second-order valence-electron chi connectivity index (χ2n) is 8.13. The third-order valence-corrected chi connectivity index (χ3v) is 6.60. The van der Waals surface area contributed by atoms with Crippen LogP contribution < -0.4 is 10.6 Å². The first-order valence-electron chi connectivity index (χ1n) is 9.17. The second kappa shape index (κ2) is 7.12. The van der Waals surface area contributed by atoms with Gasteiger partial charge in [-0.1, -0.05) is 29.8 Å². The maximum absolute atomic E-state index is 14.9. The molecule has 0 fully saturated rings. The van der Waals surface area contributed by atoms with Crippen LogP contribution in [0.2, 0.25) is 0 Å². The van der Waals surface area contributed by atoms with Crippen molar-refractivity contribution in [1.82, 2.24) is 0 Å². The van der Waals surface area contributed by atoms with Crippen LogP contribution in [0.15, 0.2) is 62.2 Å². The number of rotatable bonds is 2. The molecule has 0 bridgehead atoms. The van der Waals surface area contributed by atoms with Crippen LogP contribution in [0.5, 0.6) is 0 Å². The largest absolute Gasteiger partial charge is 0.384 e. The van der Waals surface area contributed by atoms with E-state index in [9.17, 15) is 14.4 Å². The molecule has 1 aromatic heterocycles. The van der Waals surface area contributed by atoms with Crippen LogP contribution in [0.3, 0.4) is 0 Å². The number of nitriles is 1. The summed E-state index contributed by atoms with van der Waals surface area (Å²) in [5.41, 5.74) is 8.80. The summed E-state index contributed by atoms with van der Waals surface area (Å²) in [6.07, 6.45) is 0.936. The Kier molecular flexibility index (Phi) is 4.88. The maximum atomic E-state index is 14.9. The molecule has 0 radical (unpaired) electrons. The quantitative estimate of drug-likeness (QED) is 0.619. The van der Waals surface area contributed by atoms with Gasteiger partial charge in [0.25, 0.3) is 0 Å². The molecule has 148 valence electrons. The highest BCUT2D eigenvalue weighted by Crippen LogP contribution is 2.50. The number of hydrogen-bond acceptors (Lipinski definition) is 5. The van der Waals surface area contributed by atoms with Crippen LogP contribution in [-0.2, 0) is 4.79 Å². The summed E-state index contributed by atoms with van der Waals surface area (Å²) in [7, 11) is 0. The van der Waals surface area contributed by atoms with Gasteiger partial charge in [-0.3, -0.25) is 9.69 Å². The van der Waals surface area contributed by atoms with E-state index in [1.807, 2.05) is 30.7 Å².